The van der Waals surface area contributed by atoms with Crippen molar-refractivity contribution >= 4 is 0 Å². The second-order valence-corrected chi connectivity index (χ2v) is 5.33. The summed E-state index contributed by atoms with van der Waals surface area (Å²) in [5.41, 5.74) is 2.92. The Morgan fingerprint density at radius 1 is 1.53 bits per heavy atom. The minimum Gasteiger partial charge on any atom is -0.396 e. The van der Waals surface area contributed by atoms with Gasteiger partial charge in [0.2, 0.25) is 0 Å². The molecule has 2 rings (SSSR count). The molecule has 82 valence electrons. The van der Waals surface area contributed by atoms with Gasteiger partial charge in [-0.05, 0) is 36.2 Å². The molecule has 0 saturated heterocycles. The maximum absolute atomic E-state index is 9.29. The van der Waals surface area contributed by atoms with Gasteiger partial charge in [-0.3, -0.25) is 0 Å². The minimum absolute atomic E-state index is 0.184. The van der Waals surface area contributed by atoms with Gasteiger partial charge in [0.05, 0.1) is 0 Å². The Labute approximate surface area is 92.1 Å². The quantitative estimate of drug-likeness (QED) is 0.802. The largest absolute Gasteiger partial charge is 0.396 e. The van der Waals surface area contributed by atoms with Gasteiger partial charge in [0.15, 0.2) is 0 Å². The van der Waals surface area contributed by atoms with Crippen LogP contribution in [0.15, 0.2) is 24.3 Å². The summed E-state index contributed by atoms with van der Waals surface area (Å²) in [6.45, 7) is 6.92. The zero-order chi connectivity index (χ0) is 11.1. The number of hydrogen-bond acceptors (Lipinski definition) is 1. The normalized spacial score (nSPS) is 31.3. The number of aryl methyl sites for hydroxylation is 1. The van der Waals surface area contributed by atoms with E-state index in [4.69, 9.17) is 0 Å². The van der Waals surface area contributed by atoms with Crippen LogP contribution in [-0.2, 0) is 0 Å². The van der Waals surface area contributed by atoms with Gasteiger partial charge in [-0.1, -0.05) is 43.7 Å². The summed E-state index contributed by atoms with van der Waals surface area (Å²) in [5.74, 6) is 1.23. The van der Waals surface area contributed by atoms with Gasteiger partial charge in [-0.25, -0.2) is 0 Å². The molecular formula is C14H20O. The molecule has 0 bridgehead atoms. The number of aliphatic hydroxyl groups excluding tert-OH is 1. The Hall–Kier alpha value is -0.820. The van der Waals surface area contributed by atoms with E-state index < -0.39 is 0 Å². The van der Waals surface area contributed by atoms with Crippen molar-refractivity contribution in [2.75, 3.05) is 6.61 Å². The highest BCUT2D eigenvalue weighted by Gasteiger charge is 2.52. The number of aliphatic hydroxyl groups is 1. The first-order valence-corrected chi connectivity index (χ1v) is 5.74. The summed E-state index contributed by atoms with van der Waals surface area (Å²) in [7, 11) is 0. The third kappa shape index (κ3) is 1.93. The minimum atomic E-state index is 0.184. The number of benzene rings is 1. The third-order valence-electron chi connectivity index (χ3n) is 3.95. The summed E-state index contributed by atoms with van der Waals surface area (Å²) >= 11 is 0. The van der Waals surface area contributed by atoms with E-state index in [2.05, 4.69) is 45.0 Å². The Kier molecular flexibility index (Phi) is 2.59. The summed E-state index contributed by atoms with van der Waals surface area (Å²) in [4.78, 5) is 0. The molecule has 15 heavy (non-hydrogen) atoms. The van der Waals surface area contributed by atoms with Crippen molar-refractivity contribution in [2.45, 2.75) is 33.1 Å². The van der Waals surface area contributed by atoms with Gasteiger partial charge in [0, 0.05) is 6.61 Å². The van der Waals surface area contributed by atoms with Gasteiger partial charge in [0.1, 0.15) is 0 Å². The molecule has 1 nitrogen and oxygen atoms in total. The highest BCUT2D eigenvalue weighted by atomic mass is 16.3. The molecule has 0 heterocycles. The zero-order valence-electron chi connectivity index (χ0n) is 9.83. The lowest BCUT2D eigenvalue weighted by atomic mass is 9.91. The van der Waals surface area contributed by atoms with Crippen molar-refractivity contribution in [2.24, 2.45) is 11.3 Å². The van der Waals surface area contributed by atoms with Crippen LogP contribution in [0.3, 0.4) is 0 Å². The number of rotatable bonds is 3. The van der Waals surface area contributed by atoms with Crippen molar-refractivity contribution < 1.29 is 5.11 Å². The van der Waals surface area contributed by atoms with Crippen molar-refractivity contribution in [3.05, 3.63) is 35.4 Å². The fourth-order valence-corrected chi connectivity index (χ4v) is 2.59. The van der Waals surface area contributed by atoms with Crippen LogP contribution in [0.5, 0.6) is 0 Å². The molecule has 1 aromatic rings. The van der Waals surface area contributed by atoms with Crippen molar-refractivity contribution in [3.63, 3.8) is 0 Å². The second kappa shape index (κ2) is 3.64. The predicted octanol–water partition coefficient (Wildman–Crippen LogP) is 3.12. The maximum atomic E-state index is 9.29. The van der Waals surface area contributed by atoms with Crippen LogP contribution in [0.25, 0.3) is 0 Å². The highest BCUT2D eigenvalue weighted by Crippen LogP contribution is 2.58. The molecule has 1 fully saturated rings. The van der Waals surface area contributed by atoms with Crippen LogP contribution < -0.4 is 0 Å². The molecule has 1 aliphatic rings. The fraction of sp³-hybridized carbons (Fsp3) is 0.571. The average Bonchev–Trinajstić information content (AvgIpc) is 2.91. The molecule has 1 aromatic carbocycles. The van der Waals surface area contributed by atoms with Gasteiger partial charge in [-0.15, -0.1) is 0 Å². The molecule has 1 N–H and O–H groups in total. The lowest BCUT2D eigenvalue weighted by Crippen LogP contribution is -2.08. The summed E-state index contributed by atoms with van der Waals surface area (Å²) in [6, 6.07) is 8.72. The Bertz CT molecular complexity index is 358. The van der Waals surface area contributed by atoms with E-state index in [1.165, 1.54) is 17.5 Å². The highest BCUT2D eigenvalue weighted by molar-refractivity contribution is 5.27. The van der Waals surface area contributed by atoms with E-state index >= 15 is 0 Å². The standard InChI is InChI=1S/C14H20O/c1-10-5-4-6-12(7-10)11(2)13-8-14(13,3)9-15/h4-7,11,13,15H,8-9H2,1-3H3/t11?,13?,14-/m0/s1. The summed E-state index contributed by atoms with van der Waals surface area (Å²) in [6.07, 6.45) is 1.17. The Morgan fingerprint density at radius 2 is 2.27 bits per heavy atom. The summed E-state index contributed by atoms with van der Waals surface area (Å²) in [5, 5.41) is 9.29. The molecule has 1 heteroatoms. The first kappa shape index (κ1) is 10.7. The van der Waals surface area contributed by atoms with E-state index in [1.807, 2.05) is 0 Å². The first-order chi connectivity index (χ1) is 7.07. The lowest BCUT2D eigenvalue weighted by molar-refractivity contribution is 0.207. The van der Waals surface area contributed by atoms with E-state index in [-0.39, 0.29) is 5.41 Å². The Balaban J connectivity index is 2.13. The monoisotopic (exact) mass is 204 g/mol. The van der Waals surface area contributed by atoms with E-state index in [9.17, 15) is 5.11 Å². The van der Waals surface area contributed by atoms with Crippen LogP contribution in [0.2, 0.25) is 0 Å². The van der Waals surface area contributed by atoms with Crippen molar-refractivity contribution in [1.29, 1.82) is 0 Å². The second-order valence-electron chi connectivity index (χ2n) is 5.33. The van der Waals surface area contributed by atoms with Crippen LogP contribution in [0.4, 0.5) is 0 Å². The SMILES string of the molecule is Cc1cccc(C(C)C2C[C@@]2(C)CO)c1. The van der Waals surface area contributed by atoms with Gasteiger partial charge >= 0.3 is 0 Å². The van der Waals surface area contributed by atoms with Gasteiger partial charge < -0.3 is 5.11 Å². The molecule has 0 spiro atoms. The molecule has 1 saturated carbocycles. The van der Waals surface area contributed by atoms with Crippen LogP contribution >= 0.6 is 0 Å². The molecule has 0 aliphatic heterocycles. The number of hydrogen-bond donors (Lipinski definition) is 1. The van der Waals surface area contributed by atoms with Gasteiger partial charge in [0.25, 0.3) is 0 Å². The van der Waals surface area contributed by atoms with Crippen LogP contribution in [-0.4, -0.2) is 11.7 Å². The van der Waals surface area contributed by atoms with Crippen molar-refractivity contribution in [3.8, 4) is 0 Å². The van der Waals surface area contributed by atoms with E-state index in [0.717, 1.165) is 0 Å². The van der Waals surface area contributed by atoms with Gasteiger partial charge in [-0.2, -0.15) is 0 Å². The molecule has 0 radical (unpaired) electrons. The molecular weight excluding hydrogens is 184 g/mol. The maximum Gasteiger partial charge on any atom is 0.0487 e. The van der Waals surface area contributed by atoms with E-state index in [1.54, 1.807) is 0 Å². The summed E-state index contributed by atoms with van der Waals surface area (Å²) < 4.78 is 0. The van der Waals surface area contributed by atoms with Crippen molar-refractivity contribution in [1.82, 2.24) is 0 Å². The molecule has 1 aliphatic carbocycles. The predicted molar refractivity (Wildman–Crippen MR) is 62.9 cm³/mol. The third-order valence-corrected chi connectivity index (χ3v) is 3.95. The fourth-order valence-electron chi connectivity index (χ4n) is 2.59. The lowest BCUT2D eigenvalue weighted by Gasteiger charge is -2.15. The smallest absolute Gasteiger partial charge is 0.0487 e. The Morgan fingerprint density at radius 3 is 2.80 bits per heavy atom. The van der Waals surface area contributed by atoms with Crippen LogP contribution in [0, 0.1) is 18.3 Å². The molecule has 3 atom stereocenters. The van der Waals surface area contributed by atoms with E-state index in [0.29, 0.717) is 18.4 Å². The topological polar surface area (TPSA) is 20.2 Å². The van der Waals surface area contributed by atoms with Crippen LogP contribution in [0.1, 0.15) is 37.3 Å². The average molecular weight is 204 g/mol. The first-order valence-electron chi connectivity index (χ1n) is 5.74. The zero-order valence-corrected chi connectivity index (χ0v) is 9.83. The molecule has 0 amide bonds. The molecule has 2 unspecified atom stereocenters. The molecule has 0 aromatic heterocycles.